The monoisotopic (exact) mass is 198 g/mol. The van der Waals surface area contributed by atoms with Crippen LogP contribution in [0.3, 0.4) is 0 Å². The fraction of sp³-hybridized carbons (Fsp3) is 0.444. The molecule has 0 atom stereocenters. The molecular weight excluding hydrogens is 184 g/mol. The second kappa shape index (κ2) is 5.72. The molecule has 3 nitrogen and oxygen atoms in total. The summed E-state index contributed by atoms with van der Waals surface area (Å²) in [6.45, 7) is 3.85. The molecule has 1 rings (SSSR count). The summed E-state index contributed by atoms with van der Waals surface area (Å²) in [7, 11) is 0. The van der Waals surface area contributed by atoms with Gasteiger partial charge in [-0.1, -0.05) is 13.0 Å². The van der Waals surface area contributed by atoms with E-state index in [4.69, 9.17) is 0 Å². The number of rotatable bonds is 5. The van der Waals surface area contributed by atoms with Gasteiger partial charge in [-0.05, 0) is 18.0 Å². The van der Waals surface area contributed by atoms with E-state index in [9.17, 15) is 4.79 Å². The molecule has 0 aliphatic heterocycles. The first-order chi connectivity index (χ1) is 6.33. The van der Waals surface area contributed by atoms with Gasteiger partial charge in [-0.25, -0.2) is 0 Å². The molecule has 13 heavy (non-hydrogen) atoms. The maximum absolute atomic E-state index is 11.1. The fourth-order valence-electron chi connectivity index (χ4n) is 0.900. The van der Waals surface area contributed by atoms with Gasteiger partial charge in [0.05, 0.1) is 13.1 Å². The van der Waals surface area contributed by atoms with E-state index in [1.807, 2.05) is 24.4 Å². The molecule has 0 bridgehead atoms. The molecule has 2 N–H and O–H groups in total. The number of thiophene rings is 1. The van der Waals surface area contributed by atoms with Crippen LogP contribution in [-0.4, -0.2) is 19.0 Å². The van der Waals surface area contributed by atoms with Crippen molar-refractivity contribution in [1.82, 2.24) is 10.6 Å². The van der Waals surface area contributed by atoms with E-state index in [-0.39, 0.29) is 5.91 Å². The molecule has 72 valence electrons. The zero-order chi connectivity index (χ0) is 9.52. The Balaban J connectivity index is 2.15. The Morgan fingerprint density at radius 1 is 1.62 bits per heavy atom. The Kier molecular flexibility index (Phi) is 4.49. The molecular formula is C9H14N2OS. The van der Waals surface area contributed by atoms with Gasteiger partial charge in [0.15, 0.2) is 0 Å². The van der Waals surface area contributed by atoms with Crippen molar-refractivity contribution in [3.63, 3.8) is 0 Å². The quantitative estimate of drug-likeness (QED) is 0.740. The molecule has 0 fully saturated rings. The summed E-state index contributed by atoms with van der Waals surface area (Å²) in [6, 6.07) is 3.99. The molecule has 0 spiro atoms. The fourth-order valence-corrected chi connectivity index (χ4v) is 1.54. The van der Waals surface area contributed by atoms with Crippen LogP contribution in [-0.2, 0) is 11.3 Å². The van der Waals surface area contributed by atoms with Gasteiger partial charge >= 0.3 is 0 Å². The van der Waals surface area contributed by atoms with E-state index < -0.39 is 0 Å². The van der Waals surface area contributed by atoms with Crippen molar-refractivity contribution < 1.29 is 4.79 Å². The lowest BCUT2D eigenvalue weighted by atomic mass is 10.4. The molecule has 0 aliphatic carbocycles. The number of nitrogens with one attached hydrogen (secondary N) is 2. The standard InChI is InChI=1S/C9H14N2OS/c1-2-10-7-9(12)11-6-8-4-3-5-13-8/h3-5,10H,2,6-7H2,1H3,(H,11,12). The van der Waals surface area contributed by atoms with E-state index in [0.29, 0.717) is 13.1 Å². The van der Waals surface area contributed by atoms with Crippen molar-refractivity contribution in [2.75, 3.05) is 13.1 Å². The highest BCUT2D eigenvalue weighted by Gasteiger charge is 1.99. The predicted molar refractivity (Wildman–Crippen MR) is 54.7 cm³/mol. The third-order valence-corrected chi connectivity index (χ3v) is 2.45. The summed E-state index contributed by atoms with van der Waals surface area (Å²) in [5, 5.41) is 7.80. The number of hydrogen-bond acceptors (Lipinski definition) is 3. The zero-order valence-electron chi connectivity index (χ0n) is 7.67. The van der Waals surface area contributed by atoms with Crippen molar-refractivity contribution in [3.8, 4) is 0 Å². The van der Waals surface area contributed by atoms with Crippen LogP contribution in [0, 0.1) is 0 Å². The first-order valence-corrected chi connectivity index (χ1v) is 5.20. The van der Waals surface area contributed by atoms with Crippen molar-refractivity contribution in [3.05, 3.63) is 22.4 Å². The average molecular weight is 198 g/mol. The molecule has 4 heteroatoms. The second-order valence-corrected chi connectivity index (χ2v) is 3.67. The Morgan fingerprint density at radius 3 is 3.08 bits per heavy atom. The number of hydrogen-bond donors (Lipinski definition) is 2. The lowest BCUT2D eigenvalue weighted by molar-refractivity contribution is -0.120. The highest BCUT2D eigenvalue weighted by molar-refractivity contribution is 7.09. The summed E-state index contributed by atoms with van der Waals surface area (Å²) < 4.78 is 0. The normalized spacial score (nSPS) is 9.92. The van der Waals surface area contributed by atoms with Gasteiger partial charge in [0.2, 0.25) is 5.91 Å². The Morgan fingerprint density at radius 2 is 2.46 bits per heavy atom. The Bertz CT molecular complexity index is 246. The first kappa shape index (κ1) is 10.2. The second-order valence-electron chi connectivity index (χ2n) is 2.64. The van der Waals surface area contributed by atoms with Crippen LogP contribution in [0.5, 0.6) is 0 Å². The predicted octanol–water partition coefficient (Wildman–Crippen LogP) is 0.974. The van der Waals surface area contributed by atoms with Crippen LogP contribution in [0.1, 0.15) is 11.8 Å². The molecule has 1 aromatic heterocycles. The van der Waals surface area contributed by atoms with Gasteiger partial charge in [-0.15, -0.1) is 11.3 Å². The highest BCUT2D eigenvalue weighted by Crippen LogP contribution is 2.06. The van der Waals surface area contributed by atoms with Gasteiger partial charge in [0.25, 0.3) is 0 Å². The molecule has 1 amide bonds. The van der Waals surface area contributed by atoms with Crippen LogP contribution in [0.25, 0.3) is 0 Å². The van der Waals surface area contributed by atoms with Gasteiger partial charge in [-0.2, -0.15) is 0 Å². The third-order valence-electron chi connectivity index (χ3n) is 1.58. The molecule has 0 unspecified atom stereocenters. The van der Waals surface area contributed by atoms with Crippen LogP contribution in [0.15, 0.2) is 17.5 Å². The summed E-state index contributed by atoms with van der Waals surface area (Å²) in [5.74, 6) is 0.0512. The molecule has 0 aromatic carbocycles. The van der Waals surface area contributed by atoms with E-state index in [1.165, 1.54) is 4.88 Å². The van der Waals surface area contributed by atoms with Crippen molar-refractivity contribution >= 4 is 17.2 Å². The van der Waals surface area contributed by atoms with Crippen LogP contribution in [0.2, 0.25) is 0 Å². The molecule has 0 saturated heterocycles. The zero-order valence-corrected chi connectivity index (χ0v) is 8.49. The highest BCUT2D eigenvalue weighted by atomic mass is 32.1. The van der Waals surface area contributed by atoms with Gasteiger partial charge in [0, 0.05) is 4.88 Å². The van der Waals surface area contributed by atoms with Gasteiger partial charge in [0.1, 0.15) is 0 Å². The van der Waals surface area contributed by atoms with Crippen molar-refractivity contribution in [2.45, 2.75) is 13.5 Å². The molecule has 0 radical (unpaired) electrons. The van der Waals surface area contributed by atoms with Crippen LogP contribution in [0.4, 0.5) is 0 Å². The number of likely N-dealkylation sites (N-methyl/N-ethyl adjacent to an activating group) is 1. The minimum absolute atomic E-state index is 0.0512. The Hall–Kier alpha value is -0.870. The Labute approximate surface area is 82.2 Å². The van der Waals surface area contributed by atoms with E-state index in [1.54, 1.807) is 11.3 Å². The number of amides is 1. The summed E-state index contributed by atoms with van der Waals surface area (Å²) >= 11 is 1.65. The number of carbonyl (C=O) groups excluding carboxylic acids is 1. The van der Waals surface area contributed by atoms with Crippen LogP contribution < -0.4 is 10.6 Å². The first-order valence-electron chi connectivity index (χ1n) is 4.32. The number of carbonyl (C=O) groups is 1. The van der Waals surface area contributed by atoms with E-state index in [2.05, 4.69) is 10.6 Å². The lowest BCUT2D eigenvalue weighted by Crippen LogP contribution is -2.33. The summed E-state index contributed by atoms with van der Waals surface area (Å²) in [6.07, 6.45) is 0. The summed E-state index contributed by atoms with van der Waals surface area (Å²) in [4.78, 5) is 12.3. The van der Waals surface area contributed by atoms with Crippen molar-refractivity contribution in [2.24, 2.45) is 0 Å². The van der Waals surface area contributed by atoms with Gasteiger partial charge in [-0.3, -0.25) is 4.79 Å². The van der Waals surface area contributed by atoms with Gasteiger partial charge < -0.3 is 10.6 Å². The smallest absolute Gasteiger partial charge is 0.234 e. The topological polar surface area (TPSA) is 41.1 Å². The molecule has 1 aromatic rings. The molecule has 1 heterocycles. The molecule has 0 saturated carbocycles. The maximum Gasteiger partial charge on any atom is 0.234 e. The molecule has 0 aliphatic rings. The van der Waals surface area contributed by atoms with E-state index >= 15 is 0 Å². The van der Waals surface area contributed by atoms with Crippen molar-refractivity contribution in [1.29, 1.82) is 0 Å². The third kappa shape index (κ3) is 4.05. The average Bonchev–Trinajstić information content (AvgIpc) is 2.64. The lowest BCUT2D eigenvalue weighted by Gasteiger charge is -2.03. The minimum Gasteiger partial charge on any atom is -0.350 e. The SMILES string of the molecule is CCNCC(=O)NCc1cccs1. The maximum atomic E-state index is 11.1. The van der Waals surface area contributed by atoms with E-state index in [0.717, 1.165) is 6.54 Å². The minimum atomic E-state index is 0.0512. The summed E-state index contributed by atoms with van der Waals surface area (Å²) in [5.41, 5.74) is 0. The van der Waals surface area contributed by atoms with Crippen LogP contribution >= 0.6 is 11.3 Å². The largest absolute Gasteiger partial charge is 0.350 e.